The largest absolute Gasteiger partial charge is 0.394 e. The molecule has 1 aliphatic carbocycles. The van der Waals surface area contributed by atoms with Gasteiger partial charge in [0, 0.05) is 25.7 Å². The summed E-state index contributed by atoms with van der Waals surface area (Å²) < 4.78 is 5.76. The molecular formula is C17H34N2O2. The fraction of sp³-hybridized carbons (Fsp3) is 1.00. The lowest BCUT2D eigenvalue weighted by molar-refractivity contribution is -0.100. The lowest BCUT2D eigenvalue weighted by Gasteiger charge is -2.43. The highest BCUT2D eigenvalue weighted by molar-refractivity contribution is 4.88. The third-order valence-corrected chi connectivity index (χ3v) is 5.43. The van der Waals surface area contributed by atoms with E-state index in [1.807, 2.05) is 0 Å². The van der Waals surface area contributed by atoms with Crippen LogP contribution in [0.4, 0.5) is 0 Å². The molecule has 1 saturated carbocycles. The summed E-state index contributed by atoms with van der Waals surface area (Å²) >= 11 is 0. The molecule has 0 bridgehead atoms. The van der Waals surface area contributed by atoms with Gasteiger partial charge in [-0.25, -0.2) is 0 Å². The van der Waals surface area contributed by atoms with Gasteiger partial charge in [0.15, 0.2) is 0 Å². The predicted molar refractivity (Wildman–Crippen MR) is 86.4 cm³/mol. The summed E-state index contributed by atoms with van der Waals surface area (Å²) in [6.45, 7) is 9.98. The van der Waals surface area contributed by atoms with E-state index in [1.165, 1.54) is 19.3 Å². The lowest BCUT2D eigenvalue weighted by Crippen LogP contribution is -2.52. The first-order valence-electron chi connectivity index (χ1n) is 8.69. The second-order valence-corrected chi connectivity index (χ2v) is 7.44. The summed E-state index contributed by atoms with van der Waals surface area (Å²) in [5, 5.41) is 12.9. The van der Waals surface area contributed by atoms with Crippen molar-refractivity contribution in [3.05, 3.63) is 0 Å². The van der Waals surface area contributed by atoms with E-state index in [4.69, 9.17) is 4.74 Å². The fourth-order valence-corrected chi connectivity index (χ4v) is 4.21. The Morgan fingerprint density at radius 2 is 2.05 bits per heavy atom. The second-order valence-electron chi connectivity index (χ2n) is 7.44. The van der Waals surface area contributed by atoms with Crippen LogP contribution in [0.15, 0.2) is 0 Å². The molecule has 2 rings (SSSR count). The maximum Gasteiger partial charge on any atom is 0.0936 e. The van der Waals surface area contributed by atoms with Gasteiger partial charge >= 0.3 is 0 Å². The van der Waals surface area contributed by atoms with Gasteiger partial charge in [-0.1, -0.05) is 13.8 Å². The van der Waals surface area contributed by atoms with Crippen molar-refractivity contribution in [1.29, 1.82) is 0 Å². The van der Waals surface area contributed by atoms with Gasteiger partial charge < -0.3 is 15.2 Å². The zero-order valence-electron chi connectivity index (χ0n) is 14.2. The number of ether oxygens (including phenoxy) is 1. The van der Waals surface area contributed by atoms with Crippen LogP contribution in [-0.4, -0.2) is 61.5 Å². The van der Waals surface area contributed by atoms with E-state index in [9.17, 15) is 5.11 Å². The summed E-state index contributed by atoms with van der Waals surface area (Å²) in [5.74, 6) is 2.38. The van der Waals surface area contributed by atoms with Crippen LogP contribution in [0.5, 0.6) is 0 Å². The number of nitrogens with one attached hydrogen (secondary N) is 1. The Morgan fingerprint density at radius 1 is 1.29 bits per heavy atom. The number of aliphatic hydroxyl groups excluding tert-OH is 1. The SMILES string of the molecule is CNC1CCC(C(C)C)CC1CN1CC(C)OC(CO)C1. The molecule has 2 aliphatic rings. The maximum atomic E-state index is 9.38. The number of hydrogen-bond acceptors (Lipinski definition) is 4. The van der Waals surface area contributed by atoms with Crippen LogP contribution in [0.3, 0.4) is 0 Å². The number of morpholine rings is 1. The lowest BCUT2D eigenvalue weighted by atomic mass is 9.73. The van der Waals surface area contributed by atoms with E-state index >= 15 is 0 Å². The molecule has 0 amide bonds. The first kappa shape index (κ1) is 17.2. The van der Waals surface area contributed by atoms with Crippen LogP contribution in [0, 0.1) is 17.8 Å². The molecule has 4 nitrogen and oxygen atoms in total. The zero-order chi connectivity index (χ0) is 15.4. The Bertz CT molecular complexity index is 311. The number of rotatable bonds is 5. The highest BCUT2D eigenvalue weighted by atomic mass is 16.5. The predicted octanol–water partition coefficient (Wildman–Crippen LogP) is 1.73. The van der Waals surface area contributed by atoms with Gasteiger partial charge in [-0.15, -0.1) is 0 Å². The van der Waals surface area contributed by atoms with E-state index < -0.39 is 0 Å². The molecule has 0 radical (unpaired) electrons. The molecular weight excluding hydrogens is 264 g/mol. The van der Waals surface area contributed by atoms with Crippen LogP contribution in [0.2, 0.25) is 0 Å². The molecule has 1 heterocycles. The van der Waals surface area contributed by atoms with Crippen molar-refractivity contribution in [3.63, 3.8) is 0 Å². The normalized spacial score (nSPS) is 38.9. The zero-order valence-corrected chi connectivity index (χ0v) is 14.2. The van der Waals surface area contributed by atoms with Crippen molar-refractivity contribution in [2.75, 3.05) is 33.3 Å². The molecule has 21 heavy (non-hydrogen) atoms. The summed E-state index contributed by atoms with van der Waals surface area (Å²) in [7, 11) is 2.10. The molecule has 5 atom stereocenters. The van der Waals surface area contributed by atoms with Crippen LogP contribution in [0.1, 0.15) is 40.0 Å². The van der Waals surface area contributed by atoms with Crippen LogP contribution < -0.4 is 5.32 Å². The molecule has 1 aliphatic heterocycles. The van der Waals surface area contributed by atoms with Gasteiger partial charge in [-0.2, -0.15) is 0 Å². The first-order valence-corrected chi connectivity index (χ1v) is 8.69. The molecule has 124 valence electrons. The Labute approximate surface area is 130 Å². The number of hydrogen-bond donors (Lipinski definition) is 2. The van der Waals surface area contributed by atoms with Crippen molar-refractivity contribution in [1.82, 2.24) is 10.2 Å². The minimum Gasteiger partial charge on any atom is -0.394 e. The standard InChI is InChI=1S/C17H34N2O2/c1-12(2)14-5-6-17(18-4)15(7-14)9-19-8-13(3)21-16(10-19)11-20/h12-18,20H,5-11H2,1-4H3. The summed E-state index contributed by atoms with van der Waals surface area (Å²) in [5.41, 5.74) is 0. The summed E-state index contributed by atoms with van der Waals surface area (Å²) in [6.07, 6.45) is 4.21. The minimum atomic E-state index is -0.00808. The monoisotopic (exact) mass is 298 g/mol. The first-order chi connectivity index (χ1) is 10.0. The number of aliphatic hydroxyl groups is 1. The third kappa shape index (κ3) is 4.65. The molecule has 4 heteroatoms. The average molecular weight is 298 g/mol. The van der Waals surface area contributed by atoms with Crippen molar-refractivity contribution in [3.8, 4) is 0 Å². The molecule has 2 fully saturated rings. The minimum absolute atomic E-state index is 0.00808. The molecule has 0 aromatic rings. The Morgan fingerprint density at radius 3 is 2.67 bits per heavy atom. The summed E-state index contributed by atoms with van der Waals surface area (Å²) in [4.78, 5) is 2.51. The molecule has 1 saturated heterocycles. The molecule has 2 N–H and O–H groups in total. The van der Waals surface area contributed by atoms with Gasteiger partial charge in [0.1, 0.15) is 0 Å². The van der Waals surface area contributed by atoms with Crippen molar-refractivity contribution in [2.45, 2.75) is 58.3 Å². The molecule has 0 aromatic carbocycles. The van der Waals surface area contributed by atoms with Gasteiger partial charge in [0.05, 0.1) is 18.8 Å². The topological polar surface area (TPSA) is 44.7 Å². The maximum absolute atomic E-state index is 9.38. The van der Waals surface area contributed by atoms with Gasteiger partial charge in [-0.3, -0.25) is 4.90 Å². The average Bonchev–Trinajstić information content (AvgIpc) is 2.46. The molecule has 0 aromatic heterocycles. The van der Waals surface area contributed by atoms with Gasteiger partial charge in [-0.05, 0) is 51.0 Å². The fourth-order valence-electron chi connectivity index (χ4n) is 4.21. The van der Waals surface area contributed by atoms with E-state index in [1.54, 1.807) is 0 Å². The van der Waals surface area contributed by atoms with Crippen LogP contribution >= 0.6 is 0 Å². The van der Waals surface area contributed by atoms with Gasteiger partial charge in [0.2, 0.25) is 0 Å². The number of nitrogens with zero attached hydrogens (tertiary/aromatic N) is 1. The summed E-state index contributed by atoms with van der Waals surface area (Å²) in [6, 6.07) is 0.644. The molecule has 0 spiro atoms. The third-order valence-electron chi connectivity index (χ3n) is 5.43. The van der Waals surface area contributed by atoms with E-state index in [0.29, 0.717) is 6.04 Å². The van der Waals surface area contributed by atoms with Crippen molar-refractivity contribution < 1.29 is 9.84 Å². The highest BCUT2D eigenvalue weighted by Crippen LogP contribution is 2.34. The van der Waals surface area contributed by atoms with Crippen molar-refractivity contribution in [2.24, 2.45) is 17.8 Å². The smallest absolute Gasteiger partial charge is 0.0936 e. The van der Waals surface area contributed by atoms with Gasteiger partial charge in [0.25, 0.3) is 0 Å². The molecule has 5 unspecified atom stereocenters. The van der Waals surface area contributed by atoms with Crippen LogP contribution in [-0.2, 0) is 4.74 Å². The van der Waals surface area contributed by atoms with Crippen molar-refractivity contribution >= 4 is 0 Å². The van der Waals surface area contributed by atoms with Crippen LogP contribution in [0.25, 0.3) is 0 Å². The Balaban J connectivity index is 1.94. The Kier molecular flexibility index (Phi) is 6.48. The van der Waals surface area contributed by atoms with E-state index in [-0.39, 0.29) is 18.8 Å². The highest BCUT2D eigenvalue weighted by Gasteiger charge is 2.34. The van der Waals surface area contributed by atoms with E-state index in [0.717, 1.165) is 37.4 Å². The van der Waals surface area contributed by atoms with E-state index in [2.05, 4.69) is 38.0 Å². The Hall–Kier alpha value is -0.160. The second kappa shape index (κ2) is 7.91. The quantitative estimate of drug-likeness (QED) is 0.811.